The Hall–Kier alpha value is -5.35. The molecule has 0 aliphatic heterocycles. The molecule has 1 heterocycles. The lowest BCUT2D eigenvalue weighted by Gasteiger charge is -2.09. The molecule has 0 atom stereocenters. The highest BCUT2D eigenvalue weighted by molar-refractivity contribution is 6.01. The molecule has 4 heteroatoms. The van der Waals surface area contributed by atoms with Crippen LogP contribution in [0.4, 0.5) is 0 Å². The number of aryl methyl sites for hydroxylation is 1. The minimum Gasteiger partial charge on any atom is -0.493 e. The maximum Gasteiger partial charge on any atom is 0.352 e. The highest BCUT2D eigenvalue weighted by atomic mass is 16.5. The fourth-order valence-electron chi connectivity index (χ4n) is 5.48. The Balaban J connectivity index is 1.14. The summed E-state index contributed by atoms with van der Waals surface area (Å²) in [6, 6.07) is 39.0. The highest BCUT2D eigenvalue weighted by Gasteiger charge is 2.18. The van der Waals surface area contributed by atoms with Gasteiger partial charge in [0, 0.05) is 10.8 Å². The smallest absolute Gasteiger partial charge is 0.352 e. The normalized spacial score (nSPS) is 11.6. The Morgan fingerprint density at radius 2 is 1.42 bits per heavy atom. The molecule has 0 saturated carbocycles. The third-order valence-electron chi connectivity index (χ3n) is 7.66. The van der Waals surface area contributed by atoms with Gasteiger partial charge >= 0.3 is 5.97 Å². The van der Waals surface area contributed by atoms with Crippen molar-refractivity contribution in [3.8, 4) is 5.75 Å². The molecule has 6 aromatic rings. The standard InChI is InChI=1S/C39H33NO3/c41-39(42)38-35(19-9-27-43-36-20-8-15-31-14-4-5-17-33(31)36)34-18-7-16-32(37(34)40-38)26-25-30-23-21-29(22-24-30)13-6-12-28-10-2-1-3-11-28/h1-8,10-11,13-18,20-26,40H,9,12,19,27H2,(H,41,42). The number of benzene rings is 5. The number of aromatic nitrogens is 1. The number of para-hydroxylation sites is 1. The lowest BCUT2D eigenvalue weighted by atomic mass is 10.0. The zero-order valence-corrected chi connectivity index (χ0v) is 23.9. The molecule has 212 valence electrons. The fraction of sp³-hybridized carbons (Fsp3) is 0.103. The molecule has 2 N–H and O–H groups in total. The van der Waals surface area contributed by atoms with Crippen LogP contribution in [0.25, 0.3) is 39.9 Å². The zero-order chi connectivity index (χ0) is 29.4. The van der Waals surface area contributed by atoms with Crippen molar-refractivity contribution in [2.75, 3.05) is 6.61 Å². The summed E-state index contributed by atoms with van der Waals surface area (Å²) < 4.78 is 6.12. The zero-order valence-electron chi connectivity index (χ0n) is 23.9. The van der Waals surface area contributed by atoms with Crippen molar-refractivity contribution in [1.29, 1.82) is 0 Å². The quantitative estimate of drug-likeness (QED) is 0.122. The van der Waals surface area contributed by atoms with Gasteiger partial charge in [0.1, 0.15) is 11.4 Å². The number of hydrogen-bond donors (Lipinski definition) is 2. The van der Waals surface area contributed by atoms with Gasteiger partial charge in [0.15, 0.2) is 0 Å². The maximum atomic E-state index is 12.2. The minimum absolute atomic E-state index is 0.243. The van der Waals surface area contributed by atoms with Gasteiger partial charge in [-0.1, -0.05) is 133 Å². The van der Waals surface area contributed by atoms with Crippen molar-refractivity contribution < 1.29 is 14.6 Å². The van der Waals surface area contributed by atoms with Gasteiger partial charge in [0.25, 0.3) is 0 Å². The van der Waals surface area contributed by atoms with Gasteiger partial charge in [-0.05, 0) is 58.5 Å². The molecule has 0 fully saturated rings. The van der Waals surface area contributed by atoms with Gasteiger partial charge in [-0.25, -0.2) is 4.79 Å². The Morgan fingerprint density at radius 1 is 0.721 bits per heavy atom. The number of ether oxygens (including phenoxy) is 1. The third-order valence-corrected chi connectivity index (χ3v) is 7.66. The van der Waals surface area contributed by atoms with Crippen molar-refractivity contribution in [2.24, 2.45) is 0 Å². The van der Waals surface area contributed by atoms with Crippen LogP contribution in [0.1, 0.15) is 44.7 Å². The van der Waals surface area contributed by atoms with E-state index in [0.717, 1.165) is 56.1 Å². The summed E-state index contributed by atoms with van der Waals surface area (Å²) in [5.41, 5.74) is 6.36. The molecule has 6 rings (SSSR count). The number of aromatic carboxylic acids is 1. The van der Waals surface area contributed by atoms with Crippen molar-refractivity contribution in [1.82, 2.24) is 4.98 Å². The van der Waals surface area contributed by atoms with E-state index in [0.29, 0.717) is 19.4 Å². The summed E-state index contributed by atoms with van der Waals surface area (Å²) in [5.74, 6) is -0.105. The number of allylic oxidation sites excluding steroid dienone is 1. The van der Waals surface area contributed by atoms with Crippen LogP contribution in [0.15, 0.2) is 121 Å². The van der Waals surface area contributed by atoms with Crippen molar-refractivity contribution in [3.05, 3.63) is 155 Å². The second-order valence-corrected chi connectivity index (χ2v) is 10.6. The molecule has 1 aromatic heterocycles. The summed E-state index contributed by atoms with van der Waals surface area (Å²) in [7, 11) is 0. The molecule has 43 heavy (non-hydrogen) atoms. The summed E-state index contributed by atoms with van der Waals surface area (Å²) in [5, 5.41) is 13.1. The van der Waals surface area contributed by atoms with Crippen LogP contribution in [0.5, 0.6) is 5.75 Å². The van der Waals surface area contributed by atoms with Crippen LogP contribution in [-0.4, -0.2) is 22.7 Å². The first-order valence-corrected chi connectivity index (χ1v) is 14.6. The predicted octanol–water partition coefficient (Wildman–Crippen LogP) is 9.46. The SMILES string of the molecule is O=C(O)c1[nH]c2c(C=Cc3ccc(C=CCc4ccccc4)cc3)cccc2c1CCCOc1cccc2ccccc12. The summed E-state index contributed by atoms with van der Waals surface area (Å²) in [6.07, 6.45) is 10.6. The van der Waals surface area contributed by atoms with Crippen molar-refractivity contribution in [3.63, 3.8) is 0 Å². The highest BCUT2D eigenvalue weighted by Crippen LogP contribution is 2.29. The molecule has 0 spiro atoms. The molecule has 0 amide bonds. The lowest BCUT2D eigenvalue weighted by molar-refractivity contribution is 0.0690. The van der Waals surface area contributed by atoms with E-state index < -0.39 is 5.97 Å². The summed E-state index contributed by atoms with van der Waals surface area (Å²) in [4.78, 5) is 15.4. The molecule has 0 saturated heterocycles. The maximum absolute atomic E-state index is 12.2. The van der Waals surface area contributed by atoms with Crippen LogP contribution in [0, 0.1) is 0 Å². The number of carbonyl (C=O) groups is 1. The second-order valence-electron chi connectivity index (χ2n) is 10.6. The number of carboxylic acid groups (broad SMARTS) is 1. The van der Waals surface area contributed by atoms with Gasteiger partial charge in [0.2, 0.25) is 0 Å². The first-order valence-electron chi connectivity index (χ1n) is 14.6. The topological polar surface area (TPSA) is 62.3 Å². The van der Waals surface area contributed by atoms with Crippen molar-refractivity contribution in [2.45, 2.75) is 19.3 Å². The molecule has 5 aromatic carbocycles. The Bertz CT molecular complexity index is 1910. The van der Waals surface area contributed by atoms with Gasteiger partial charge in [-0.2, -0.15) is 0 Å². The number of aromatic amines is 1. The monoisotopic (exact) mass is 563 g/mol. The van der Waals surface area contributed by atoms with E-state index in [9.17, 15) is 9.90 Å². The van der Waals surface area contributed by atoms with Crippen LogP contribution >= 0.6 is 0 Å². The first kappa shape index (κ1) is 27.8. The number of fused-ring (bicyclic) bond motifs is 2. The van der Waals surface area contributed by atoms with E-state index in [1.54, 1.807) is 0 Å². The number of rotatable bonds is 11. The lowest BCUT2D eigenvalue weighted by Crippen LogP contribution is -2.04. The predicted molar refractivity (Wildman–Crippen MR) is 178 cm³/mol. The van der Waals surface area contributed by atoms with Gasteiger partial charge < -0.3 is 14.8 Å². The molecule has 4 nitrogen and oxygen atoms in total. The Kier molecular flexibility index (Phi) is 8.46. The van der Waals surface area contributed by atoms with Gasteiger partial charge in [0.05, 0.1) is 12.1 Å². The van der Waals surface area contributed by atoms with E-state index in [1.807, 2.05) is 54.6 Å². The van der Waals surface area contributed by atoms with E-state index in [1.165, 1.54) is 5.56 Å². The van der Waals surface area contributed by atoms with Gasteiger partial charge in [-0.3, -0.25) is 0 Å². The van der Waals surface area contributed by atoms with E-state index >= 15 is 0 Å². The number of nitrogens with one attached hydrogen (secondary N) is 1. The van der Waals surface area contributed by atoms with E-state index in [4.69, 9.17) is 4.74 Å². The number of hydrogen-bond acceptors (Lipinski definition) is 2. The van der Waals surface area contributed by atoms with Crippen LogP contribution in [0.3, 0.4) is 0 Å². The van der Waals surface area contributed by atoms with Crippen LogP contribution < -0.4 is 4.74 Å². The molecular weight excluding hydrogens is 530 g/mol. The molecule has 0 bridgehead atoms. The Labute approximate surface area is 251 Å². The van der Waals surface area contributed by atoms with Gasteiger partial charge in [-0.15, -0.1) is 0 Å². The second kappa shape index (κ2) is 13.1. The van der Waals surface area contributed by atoms with E-state index in [-0.39, 0.29) is 5.69 Å². The van der Waals surface area contributed by atoms with Crippen molar-refractivity contribution >= 4 is 45.9 Å². The molecule has 0 aliphatic carbocycles. The first-order chi connectivity index (χ1) is 21.2. The molecule has 0 unspecified atom stereocenters. The minimum atomic E-state index is -0.952. The largest absolute Gasteiger partial charge is 0.493 e. The fourth-order valence-corrected chi connectivity index (χ4v) is 5.48. The van der Waals surface area contributed by atoms with Crippen LogP contribution in [-0.2, 0) is 12.8 Å². The van der Waals surface area contributed by atoms with Crippen LogP contribution in [0.2, 0.25) is 0 Å². The average molecular weight is 564 g/mol. The average Bonchev–Trinajstić information content (AvgIpc) is 3.43. The molecular formula is C39H33NO3. The molecule has 0 radical (unpaired) electrons. The van der Waals surface area contributed by atoms with E-state index in [2.05, 4.69) is 89.9 Å². The number of carboxylic acids is 1. The third kappa shape index (κ3) is 6.60. The summed E-state index contributed by atoms with van der Waals surface area (Å²) >= 11 is 0. The Morgan fingerprint density at radius 3 is 2.23 bits per heavy atom. The summed E-state index contributed by atoms with van der Waals surface area (Å²) in [6.45, 7) is 0.497. The number of H-pyrrole nitrogens is 1. The molecule has 0 aliphatic rings.